The number of benzene rings is 1. The van der Waals surface area contributed by atoms with Crippen LogP contribution < -0.4 is 0 Å². The minimum Gasteiger partial charge on any atom is -0.507 e. The predicted molar refractivity (Wildman–Crippen MR) is 82.1 cm³/mol. The molecular formula is C14H10IN3O2. The SMILES string of the molecule is Cc1ccc(-c2noc(-c3ccc(I)c(O)c3)n2)cn1. The Balaban J connectivity index is 1.97. The third-order valence-electron chi connectivity index (χ3n) is 2.79. The van der Waals surface area contributed by atoms with Gasteiger partial charge in [0.1, 0.15) is 5.75 Å². The molecule has 6 heteroatoms. The van der Waals surface area contributed by atoms with Crippen LogP contribution in [0.25, 0.3) is 22.8 Å². The zero-order chi connectivity index (χ0) is 14.1. The summed E-state index contributed by atoms with van der Waals surface area (Å²) >= 11 is 2.05. The van der Waals surface area contributed by atoms with Gasteiger partial charge in [-0.1, -0.05) is 5.16 Å². The molecule has 0 saturated carbocycles. The van der Waals surface area contributed by atoms with E-state index in [9.17, 15) is 5.11 Å². The van der Waals surface area contributed by atoms with Crippen LogP contribution >= 0.6 is 22.6 Å². The summed E-state index contributed by atoms with van der Waals surface area (Å²) in [6.45, 7) is 1.92. The fourth-order valence-corrected chi connectivity index (χ4v) is 2.04. The van der Waals surface area contributed by atoms with Crippen LogP contribution in [0, 0.1) is 10.5 Å². The van der Waals surface area contributed by atoms with Crippen molar-refractivity contribution in [3.05, 3.63) is 45.8 Å². The van der Waals surface area contributed by atoms with Gasteiger partial charge >= 0.3 is 0 Å². The maximum atomic E-state index is 9.71. The number of aromatic nitrogens is 3. The third kappa shape index (κ3) is 2.51. The highest BCUT2D eigenvalue weighted by molar-refractivity contribution is 14.1. The van der Waals surface area contributed by atoms with Crippen molar-refractivity contribution in [1.29, 1.82) is 0 Å². The van der Waals surface area contributed by atoms with Crippen LogP contribution in [-0.2, 0) is 0 Å². The molecule has 5 nitrogen and oxygen atoms in total. The van der Waals surface area contributed by atoms with Crippen molar-refractivity contribution in [1.82, 2.24) is 15.1 Å². The molecule has 1 N–H and O–H groups in total. The highest BCUT2D eigenvalue weighted by Gasteiger charge is 2.12. The molecule has 0 aliphatic heterocycles. The first kappa shape index (κ1) is 13.0. The number of rotatable bonds is 2. The summed E-state index contributed by atoms with van der Waals surface area (Å²) in [6, 6.07) is 9.01. The molecule has 2 aromatic heterocycles. The molecule has 0 spiro atoms. The Morgan fingerprint density at radius 2 is 1.95 bits per heavy atom. The molecule has 2 heterocycles. The summed E-state index contributed by atoms with van der Waals surface area (Å²) in [6.07, 6.45) is 1.70. The summed E-state index contributed by atoms with van der Waals surface area (Å²) < 4.78 is 6.00. The van der Waals surface area contributed by atoms with E-state index in [2.05, 4.69) is 37.7 Å². The van der Waals surface area contributed by atoms with E-state index in [0.717, 1.165) is 14.8 Å². The van der Waals surface area contributed by atoms with E-state index < -0.39 is 0 Å². The monoisotopic (exact) mass is 379 g/mol. The molecule has 0 radical (unpaired) electrons. The lowest BCUT2D eigenvalue weighted by molar-refractivity contribution is 0.431. The fourth-order valence-electron chi connectivity index (χ4n) is 1.70. The normalized spacial score (nSPS) is 10.7. The second-order valence-electron chi connectivity index (χ2n) is 4.28. The number of halogens is 1. The summed E-state index contributed by atoms with van der Waals surface area (Å²) in [7, 11) is 0. The van der Waals surface area contributed by atoms with Crippen LogP contribution in [0.4, 0.5) is 0 Å². The number of hydrogen-bond donors (Lipinski definition) is 1. The molecule has 0 aliphatic carbocycles. The first-order valence-corrected chi connectivity index (χ1v) is 6.97. The maximum Gasteiger partial charge on any atom is 0.258 e. The van der Waals surface area contributed by atoms with Crippen molar-refractivity contribution in [2.45, 2.75) is 6.92 Å². The Kier molecular flexibility index (Phi) is 3.39. The highest BCUT2D eigenvalue weighted by Crippen LogP contribution is 2.27. The second kappa shape index (κ2) is 5.20. The van der Waals surface area contributed by atoms with E-state index in [1.807, 2.05) is 25.1 Å². The Morgan fingerprint density at radius 1 is 1.15 bits per heavy atom. The van der Waals surface area contributed by atoms with Crippen molar-refractivity contribution in [3.8, 4) is 28.6 Å². The van der Waals surface area contributed by atoms with Crippen LogP contribution in [0.2, 0.25) is 0 Å². The van der Waals surface area contributed by atoms with Gasteiger partial charge in [-0.2, -0.15) is 4.98 Å². The fraction of sp³-hybridized carbons (Fsp3) is 0.0714. The van der Waals surface area contributed by atoms with Crippen molar-refractivity contribution in [2.24, 2.45) is 0 Å². The van der Waals surface area contributed by atoms with Gasteiger partial charge < -0.3 is 9.63 Å². The molecule has 0 amide bonds. The average molecular weight is 379 g/mol. The molecule has 0 aliphatic rings. The number of aromatic hydroxyl groups is 1. The summed E-state index contributed by atoms with van der Waals surface area (Å²) in [5, 5.41) is 13.6. The molecule has 0 fully saturated rings. The number of pyridine rings is 1. The largest absolute Gasteiger partial charge is 0.507 e. The zero-order valence-corrected chi connectivity index (χ0v) is 12.7. The van der Waals surface area contributed by atoms with Gasteiger partial charge in [-0.3, -0.25) is 4.98 Å². The average Bonchev–Trinajstić information content (AvgIpc) is 2.92. The number of phenolic OH excluding ortho intramolecular Hbond substituents is 1. The van der Waals surface area contributed by atoms with E-state index in [4.69, 9.17) is 4.52 Å². The van der Waals surface area contributed by atoms with Crippen molar-refractivity contribution in [3.63, 3.8) is 0 Å². The number of phenols is 1. The van der Waals surface area contributed by atoms with E-state index in [0.29, 0.717) is 17.3 Å². The highest BCUT2D eigenvalue weighted by atomic mass is 127. The minimum absolute atomic E-state index is 0.194. The molecule has 0 unspecified atom stereocenters. The molecular weight excluding hydrogens is 369 g/mol. The van der Waals surface area contributed by atoms with Gasteiger partial charge in [0.25, 0.3) is 5.89 Å². The maximum absolute atomic E-state index is 9.71. The van der Waals surface area contributed by atoms with E-state index in [1.54, 1.807) is 18.3 Å². The van der Waals surface area contributed by atoms with Gasteiger partial charge in [0.15, 0.2) is 0 Å². The Bertz CT molecular complexity index is 753. The first-order valence-electron chi connectivity index (χ1n) is 5.89. The van der Waals surface area contributed by atoms with Crippen LogP contribution in [0.3, 0.4) is 0 Å². The standard InChI is InChI=1S/C14H10IN3O2/c1-8-2-3-10(7-16-8)13-17-14(20-18-13)9-4-5-11(15)12(19)6-9/h2-7,19H,1H3. The Morgan fingerprint density at radius 3 is 2.65 bits per heavy atom. The number of hydrogen-bond acceptors (Lipinski definition) is 5. The summed E-state index contributed by atoms with van der Waals surface area (Å²) in [4.78, 5) is 8.52. The molecule has 1 aromatic carbocycles. The van der Waals surface area contributed by atoms with Crippen LogP contribution in [0.1, 0.15) is 5.69 Å². The summed E-state index contributed by atoms with van der Waals surface area (Å²) in [5.74, 6) is 1.04. The molecule has 0 bridgehead atoms. The van der Waals surface area contributed by atoms with Crippen molar-refractivity contribution < 1.29 is 9.63 Å². The van der Waals surface area contributed by atoms with Crippen molar-refractivity contribution >= 4 is 22.6 Å². The smallest absolute Gasteiger partial charge is 0.258 e. The number of nitrogens with zero attached hydrogens (tertiary/aromatic N) is 3. The lowest BCUT2D eigenvalue weighted by atomic mass is 10.2. The third-order valence-corrected chi connectivity index (χ3v) is 3.70. The lowest BCUT2D eigenvalue weighted by Gasteiger charge is -1.98. The number of aryl methyl sites for hydroxylation is 1. The van der Waals surface area contributed by atoms with Crippen LogP contribution in [-0.4, -0.2) is 20.2 Å². The Labute approximate surface area is 128 Å². The van der Waals surface area contributed by atoms with E-state index in [1.165, 1.54) is 0 Å². The first-order chi connectivity index (χ1) is 9.63. The predicted octanol–water partition coefficient (Wildman–Crippen LogP) is 3.42. The summed E-state index contributed by atoms with van der Waals surface area (Å²) in [5.41, 5.74) is 2.40. The molecule has 0 saturated heterocycles. The molecule has 3 aromatic rings. The molecule has 20 heavy (non-hydrogen) atoms. The molecule has 3 rings (SSSR count). The van der Waals surface area contributed by atoms with Gasteiger partial charge in [-0.15, -0.1) is 0 Å². The minimum atomic E-state index is 0.194. The zero-order valence-electron chi connectivity index (χ0n) is 10.5. The molecule has 0 atom stereocenters. The van der Waals surface area contributed by atoms with E-state index >= 15 is 0 Å². The van der Waals surface area contributed by atoms with Crippen LogP contribution in [0.15, 0.2) is 41.1 Å². The topological polar surface area (TPSA) is 72.0 Å². The van der Waals surface area contributed by atoms with E-state index in [-0.39, 0.29) is 5.75 Å². The molecule has 100 valence electrons. The van der Waals surface area contributed by atoms with Gasteiger partial charge in [-0.05, 0) is 59.8 Å². The second-order valence-corrected chi connectivity index (χ2v) is 5.44. The van der Waals surface area contributed by atoms with Gasteiger partial charge in [0.05, 0.1) is 3.57 Å². The van der Waals surface area contributed by atoms with Gasteiger partial charge in [-0.25, -0.2) is 0 Å². The van der Waals surface area contributed by atoms with Gasteiger partial charge in [0, 0.05) is 23.0 Å². The Hall–Kier alpha value is -1.96. The van der Waals surface area contributed by atoms with Crippen LogP contribution in [0.5, 0.6) is 5.75 Å². The lowest BCUT2D eigenvalue weighted by Crippen LogP contribution is -1.85. The quantitative estimate of drug-likeness (QED) is 0.691. The van der Waals surface area contributed by atoms with Crippen molar-refractivity contribution in [2.75, 3.05) is 0 Å². The van der Waals surface area contributed by atoms with Gasteiger partial charge in [0.2, 0.25) is 5.82 Å².